The van der Waals surface area contributed by atoms with Gasteiger partial charge in [-0.3, -0.25) is 4.79 Å². The monoisotopic (exact) mass is 381 g/mol. The molecule has 27 heavy (non-hydrogen) atoms. The number of nitrogens with zero attached hydrogens (tertiary/aromatic N) is 1. The molecular formula is C22H23NO3S. The molecule has 4 nitrogen and oxygen atoms in total. The molecule has 2 aromatic rings. The first-order valence-corrected chi connectivity index (χ1v) is 10.0. The molecule has 0 fully saturated rings. The minimum absolute atomic E-state index is 0.0339. The Kier molecular flexibility index (Phi) is 5.03. The second kappa shape index (κ2) is 7.61. The topological polar surface area (TPSA) is 38.8 Å². The first kappa shape index (κ1) is 17.9. The molecule has 0 spiro atoms. The fourth-order valence-corrected chi connectivity index (χ4v) is 4.90. The summed E-state index contributed by atoms with van der Waals surface area (Å²) in [6.45, 7) is 0.741. The van der Waals surface area contributed by atoms with Gasteiger partial charge in [0.2, 0.25) is 5.91 Å². The number of allylic oxidation sites excluding steroid dienone is 2. The van der Waals surface area contributed by atoms with E-state index in [4.69, 9.17) is 9.47 Å². The molecule has 1 aliphatic heterocycles. The lowest BCUT2D eigenvalue weighted by atomic mass is 9.91. The summed E-state index contributed by atoms with van der Waals surface area (Å²) < 4.78 is 10.5. The predicted molar refractivity (Wildman–Crippen MR) is 107 cm³/mol. The number of amides is 1. The Morgan fingerprint density at radius 2 is 1.96 bits per heavy atom. The molecule has 0 N–H and O–H groups in total. The molecule has 140 valence electrons. The fourth-order valence-electron chi connectivity index (χ4n) is 3.81. The highest BCUT2D eigenvalue weighted by Gasteiger charge is 2.35. The van der Waals surface area contributed by atoms with Crippen molar-refractivity contribution in [1.29, 1.82) is 0 Å². The van der Waals surface area contributed by atoms with Gasteiger partial charge in [0, 0.05) is 11.4 Å². The maximum Gasteiger partial charge on any atom is 0.230 e. The highest BCUT2D eigenvalue weighted by Crippen LogP contribution is 2.40. The zero-order valence-electron chi connectivity index (χ0n) is 15.6. The summed E-state index contributed by atoms with van der Waals surface area (Å²) >= 11 is 1.74. The van der Waals surface area contributed by atoms with Gasteiger partial charge >= 0.3 is 0 Å². The molecular weight excluding hydrogens is 358 g/mol. The van der Waals surface area contributed by atoms with Crippen molar-refractivity contribution in [3.63, 3.8) is 0 Å². The Balaban J connectivity index is 1.65. The zero-order chi connectivity index (χ0) is 18.8. The van der Waals surface area contributed by atoms with E-state index in [1.807, 2.05) is 35.3 Å². The summed E-state index contributed by atoms with van der Waals surface area (Å²) in [6.07, 6.45) is 7.45. The fraction of sp³-hybridized carbons (Fsp3) is 0.318. The second-order valence-corrected chi connectivity index (χ2v) is 7.73. The number of carbonyl (C=O) groups is 1. The third-order valence-corrected chi connectivity index (χ3v) is 6.31. The van der Waals surface area contributed by atoms with Gasteiger partial charge in [0.05, 0.1) is 26.2 Å². The number of hydrogen-bond donors (Lipinski definition) is 0. The molecule has 1 amide bonds. The minimum Gasteiger partial charge on any atom is -0.497 e. The van der Waals surface area contributed by atoms with E-state index in [-0.39, 0.29) is 17.9 Å². The van der Waals surface area contributed by atoms with Crippen LogP contribution in [-0.4, -0.2) is 31.6 Å². The van der Waals surface area contributed by atoms with E-state index in [1.165, 1.54) is 10.4 Å². The molecule has 1 aromatic heterocycles. The first-order chi connectivity index (χ1) is 13.2. The number of thiophene rings is 1. The van der Waals surface area contributed by atoms with Crippen LogP contribution in [0.1, 0.15) is 28.5 Å². The molecule has 0 saturated heterocycles. The van der Waals surface area contributed by atoms with Crippen molar-refractivity contribution in [2.75, 3.05) is 20.8 Å². The van der Waals surface area contributed by atoms with Crippen LogP contribution in [0.15, 0.2) is 59.7 Å². The van der Waals surface area contributed by atoms with Crippen LogP contribution in [0.25, 0.3) is 0 Å². The molecule has 5 heteroatoms. The average Bonchev–Trinajstić information content (AvgIpc) is 3.21. The Labute approximate surface area is 163 Å². The standard InChI is InChI=1S/C22H23NO3S/c1-25-18-7-3-15(4-8-18)20-21-16(12-14-27-21)11-13-23(20)22(24)17-5-9-19(26-2)10-6-17/h3-5,7-10,12,14,17,20H,6,11,13H2,1-2H3. The van der Waals surface area contributed by atoms with Gasteiger partial charge in [-0.15, -0.1) is 11.3 Å². The lowest BCUT2D eigenvalue weighted by Crippen LogP contribution is -2.43. The predicted octanol–water partition coefficient (Wildman–Crippen LogP) is 4.34. The van der Waals surface area contributed by atoms with Crippen molar-refractivity contribution in [2.24, 2.45) is 5.92 Å². The molecule has 2 aliphatic rings. The minimum atomic E-state index is -0.133. The molecule has 0 radical (unpaired) electrons. The van der Waals surface area contributed by atoms with E-state index < -0.39 is 0 Å². The molecule has 2 heterocycles. The summed E-state index contributed by atoms with van der Waals surface area (Å²) in [7, 11) is 3.32. The van der Waals surface area contributed by atoms with E-state index in [0.717, 1.165) is 30.0 Å². The quantitative estimate of drug-likeness (QED) is 0.791. The first-order valence-electron chi connectivity index (χ1n) is 9.14. The van der Waals surface area contributed by atoms with Crippen LogP contribution in [0.2, 0.25) is 0 Å². The SMILES string of the molecule is COC1=CCC(C(=O)N2CCc3ccsc3C2c2ccc(OC)cc2)C=C1. The van der Waals surface area contributed by atoms with Crippen LogP contribution in [0.3, 0.4) is 0 Å². The van der Waals surface area contributed by atoms with Gasteiger partial charge in [-0.1, -0.05) is 18.2 Å². The summed E-state index contributed by atoms with van der Waals surface area (Å²) in [5.74, 6) is 1.69. The van der Waals surface area contributed by atoms with Crippen molar-refractivity contribution >= 4 is 17.2 Å². The summed E-state index contributed by atoms with van der Waals surface area (Å²) in [5.41, 5.74) is 2.48. The Bertz CT molecular complexity index is 881. The van der Waals surface area contributed by atoms with Crippen molar-refractivity contribution in [3.05, 3.63) is 75.7 Å². The number of methoxy groups -OCH3 is 2. The van der Waals surface area contributed by atoms with Crippen molar-refractivity contribution in [1.82, 2.24) is 4.90 Å². The van der Waals surface area contributed by atoms with Crippen LogP contribution in [0.4, 0.5) is 0 Å². The van der Waals surface area contributed by atoms with Crippen molar-refractivity contribution in [2.45, 2.75) is 18.9 Å². The van der Waals surface area contributed by atoms with Gasteiger partial charge in [0.1, 0.15) is 11.5 Å². The highest BCUT2D eigenvalue weighted by atomic mass is 32.1. The van der Waals surface area contributed by atoms with Gasteiger partial charge < -0.3 is 14.4 Å². The molecule has 0 saturated carbocycles. The second-order valence-electron chi connectivity index (χ2n) is 6.78. The molecule has 2 atom stereocenters. The number of fused-ring (bicyclic) bond motifs is 1. The highest BCUT2D eigenvalue weighted by molar-refractivity contribution is 7.10. The van der Waals surface area contributed by atoms with E-state index in [2.05, 4.69) is 23.6 Å². The normalized spacial score (nSPS) is 21.4. The van der Waals surface area contributed by atoms with E-state index in [1.54, 1.807) is 25.6 Å². The van der Waals surface area contributed by atoms with E-state index >= 15 is 0 Å². The van der Waals surface area contributed by atoms with Crippen LogP contribution < -0.4 is 4.74 Å². The van der Waals surface area contributed by atoms with Crippen LogP contribution >= 0.6 is 11.3 Å². The van der Waals surface area contributed by atoms with Crippen molar-refractivity contribution < 1.29 is 14.3 Å². The van der Waals surface area contributed by atoms with Crippen LogP contribution in [0, 0.1) is 5.92 Å². The average molecular weight is 381 g/mol. The number of ether oxygens (including phenoxy) is 2. The van der Waals surface area contributed by atoms with Gasteiger partial charge in [0.15, 0.2) is 0 Å². The maximum atomic E-state index is 13.4. The van der Waals surface area contributed by atoms with Crippen LogP contribution in [-0.2, 0) is 16.0 Å². The van der Waals surface area contributed by atoms with Crippen LogP contribution in [0.5, 0.6) is 5.75 Å². The van der Waals surface area contributed by atoms with Gasteiger partial charge in [-0.25, -0.2) is 0 Å². The van der Waals surface area contributed by atoms with Gasteiger partial charge in [-0.2, -0.15) is 0 Å². The number of carbonyl (C=O) groups excluding carboxylic acids is 1. The number of benzene rings is 1. The molecule has 4 rings (SSSR count). The van der Waals surface area contributed by atoms with E-state index in [0.29, 0.717) is 6.42 Å². The Morgan fingerprint density at radius 1 is 1.15 bits per heavy atom. The summed E-state index contributed by atoms with van der Waals surface area (Å²) in [5, 5.41) is 2.13. The maximum absolute atomic E-state index is 13.4. The smallest absolute Gasteiger partial charge is 0.230 e. The number of hydrogen-bond acceptors (Lipinski definition) is 4. The largest absolute Gasteiger partial charge is 0.497 e. The zero-order valence-corrected chi connectivity index (χ0v) is 16.4. The Morgan fingerprint density at radius 3 is 2.63 bits per heavy atom. The van der Waals surface area contributed by atoms with Crippen molar-refractivity contribution in [3.8, 4) is 5.75 Å². The molecule has 1 aromatic carbocycles. The summed E-state index contributed by atoms with van der Waals surface area (Å²) in [4.78, 5) is 16.7. The molecule has 2 unspecified atom stereocenters. The molecule has 1 aliphatic carbocycles. The lowest BCUT2D eigenvalue weighted by molar-refractivity contribution is -0.136. The third-order valence-electron chi connectivity index (χ3n) is 5.30. The molecule has 0 bridgehead atoms. The Hall–Kier alpha value is -2.53. The number of rotatable bonds is 4. The van der Waals surface area contributed by atoms with Gasteiger partial charge in [0.25, 0.3) is 0 Å². The third kappa shape index (κ3) is 3.39. The summed E-state index contributed by atoms with van der Waals surface area (Å²) in [6, 6.07) is 10.2. The lowest BCUT2D eigenvalue weighted by Gasteiger charge is -2.38. The van der Waals surface area contributed by atoms with E-state index in [9.17, 15) is 4.79 Å². The van der Waals surface area contributed by atoms with Gasteiger partial charge in [-0.05, 0) is 59.7 Å².